The molecule has 97 heavy (non-hydrogen) atoms. The molecule has 12 amide bonds. The van der Waals surface area contributed by atoms with Crippen LogP contribution in [0, 0.1) is 17.8 Å². The van der Waals surface area contributed by atoms with Crippen LogP contribution in [0.25, 0.3) is 0 Å². The molecule has 3 heterocycles. The zero-order valence-electron chi connectivity index (χ0n) is 60.2. The molecular formula is C70H110Cl2N12O13. The summed E-state index contributed by atoms with van der Waals surface area (Å²) in [6, 6.07) is -5.08. The van der Waals surface area contributed by atoms with Gasteiger partial charge in [-0.25, -0.2) is 0 Å². The van der Waals surface area contributed by atoms with E-state index in [9.17, 15) is 38.4 Å². The predicted molar refractivity (Wildman–Crippen MR) is 368 cm³/mol. The molecule has 3 N–H and O–H groups in total. The molecule has 1 aromatic rings. The van der Waals surface area contributed by atoms with E-state index >= 15 is 19.2 Å². The van der Waals surface area contributed by atoms with E-state index in [-0.39, 0.29) is 61.0 Å². The van der Waals surface area contributed by atoms with Gasteiger partial charge in [-0.1, -0.05) is 102 Å². The van der Waals surface area contributed by atoms with Crippen LogP contribution in [0.2, 0.25) is 10.0 Å². The molecule has 1 spiro atoms. The number of halogens is 2. The molecule has 5 aliphatic rings. The Hall–Kier alpha value is -6.76. The summed E-state index contributed by atoms with van der Waals surface area (Å²) in [6.07, 6.45) is 9.22. The van der Waals surface area contributed by atoms with Crippen molar-refractivity contribution in [1.29, 1.82) is 0 Å². The van der Waals surface area contributed by atoms with E-state index in [1.165, 1.54) is 80.8 Å². The van der Waals surface area contributed by atoms with Crippen molar-refractivity contribution in [1.82, 2.24) is 60.0 Å². The van der Waals surface area contributed by atoms with Gasteiger partial charge in [0, 0.05) is 69.0 Å². The summed E-state index contributed by atoms with van der Waals surface area (Å²) in [7, 11) is 10.0. The summed E-state index contributed by atoms with van der Waals surface area (Å²) in [5, 5.41) is 9.18. The van der Waals surface area contributed by atoms with Gasteiger partial charge in [-0.2, -0.15) is 0 Å². The lowest BCUT2D eigenvalue weighted by Gasteiger charge is -2.41. The second-order valence-corrected chi connectivity index (χ2v) is 30.1. The molecule has 27 heteroatoms. The van der Waals surface area contributed by atoms with E-state index in [1.54, 1.807) is 37.8 Å². The maximum atomic E-state index is 15.4. The van der Waals surface area contributed by atoms with Gasteiger partial charge in [0.15, 0.2) is 0 Å². The van der Waals surface area contributed by atoms with Crippen molar-refractivity contribution in [3.63, 3.8) is 0 Å². The Morgan fingerprint density at radius 2 is 1.26 bits per heavy atom. The van der Waals surface area contributed by atoms with E-state index in [1.807, 2.05) is 27.7 Å². The number of ether oxygens (including phenoxy) is 1. The molecule has 0 bridgehead atoms. The number of benzene rings is 1. The van der Waals surface area contributed by atoms with E-state index in [0.717, 1.165) is 53.2 Å². The molecule has 542 valence electrons. The van der Waals surface area contributed by atoms with Gasteiger partial charge in [-0.15, -0.1) is 0 Å². The normalized spacial score (nSPS) is 26.2. The number of nitrogens with one attached hydrogen (secondary N) is 3. The number of hydrogen-bond donors (Lipinski definition) is 3. The van der Waals surface area contributed by atoms with Crippen LogP contribution < -0.4 is 20.7 Å². The van der Waals surface area contributed by atoms with E-state index in [4.69, 9.17) is 27.9 Å². The molecule has 3 aliphatic heterocycles. The Morgan fingerprint density at radius 3 is 1.87 bits per heavy atom. The first-order valence-corrected chi connectivity index (χ1v) is 35.7. The largest absolute Gasteiger partial charge is 0.487 e. The fourth-order valence-electron chi connectivity index (χ4n) is 14.2. The van der Waals surface area contributed by atoms with Gasteiger partial charge >= 0.3 is 0 Å². The van der Waals surface area contributed by atoms with Crippen molar-refractivity contribution in [3.8, 4) is 5.75 Å². The third-order valence-electron chi connectivity index (χ3n) is 20.5. The van der Waals surface area contributed by atoms with Crippen LogP contribution in [0.5, 0.6) is 5.75 Å². The molecule has 0 radical (unpaired) electrons. The number of likely N-dealkylation sites (tertiary alicyclic amines) is 1. The minimum Gasteiger partial charge on any atom is -0.487 e. The van der Waals surface area contributed by atoms with Crippen LogP contribution in [0.15, 0.2) is 12.1 Å². The third kappa shape index (κ3) is 20.2. The van der Waals surface area contributed by atoms with Crippen molar-refractivity contribution in [2.45, 2.75) is 231 Å². The highest BCUT2D eigenvalue weighted by atomic mass is 35.5. The molecule has 5 fully saturated rings. The maximum Gasteiger partial charge on any atom is 0.248 e. The Bertz CT molecular complexity index is 3040. The first-order chi connectivity index (χ1) is 45.5. The summed E-state index contributed by atoms with van der Waals surface area (Å²) in [5.41, 5.74) is -1.57. The molecule has 6 rings (SSSR count). The molecule has 2 saturated carbocycles. The first kappa shape index (κ1) is 79.2. The van der Waals surface area contributed by atoms with Gasteiger partial charge in [0.2, 0.25) is 70.9 Å². The van der Waals surface area contributed by atoms with Gasteiger partial charge in [0.05, 0.1) is 31.1 Å². The average molecular weight is 1400 g/mol. The SMILES string of the molecule is CC[C@H](C)[C@@H]1NC(=O)[C@H](C)N(C)C(=O)C[C@@H](C(=O)N2CCCCC2)N(C)C(=O)[C@H](C(C)C)N(C)C(=O)C2(CCCC2)NC(=O)C2CCCN2C(=O)[C@H](CCc2cc(Cl)c(Cl)c(OC(C)(C)C)c2)NC(=O)CN(C)C(=O)[C@H](CC2CCCCC2)N(C)C(=O)CN(C)C(=O)CN(C)C1=O. The molecule has 3 saturated heterocycles. The minimum absolute atomic E-state index is 0.0204. The van der Waals surface area contributed by atoms with Gasteiger partial charge in [0.1, 0.15) is 64.2 Å². The van der Waals surface area contributed by atoms with Gasteiger partial charge in [-0.05, 0) is 127 Å². The Kier molecular flexibility index (Phi) is 28.5. The zero-order chi connectivity index (χ0) is 72.1. The number of rotatable bonds is 10. The van der Waals surface area contributed by atoms with E-state index in [2.05, 4.69) is 16.0 Å². The van der Waals surface area contributed by atoms with Crippen LogP contribution in [-0.2, 0) is 64.0 Å². The van der Waals surface area contributed by atoms with Gasteiger partial charge in [0.25, 0.3) is 0 Å². The van der Waals surface area contributed by atoms with Gasteiger partial charge < -0.3 is 64.8 Å². The monoisotopic (exact) mass is 1400 g/mol. The molecule has 25 nitrogen and oxygen atoms in total. The van der Waals surface area contributed by atoms with Crippen LogP contribution in [0.3, 0.4) is 0 Å². The number of likely N-dealkylation sites (N-methyl/N-ethyl adjacent to an activating group) is 7. The van der Waals surface area contributed by atoms with Crippen molar-refractivity contribution >= 4 is 94.1 Å². The highest BCUT2D eigenvalue weighted by Crippen LogP contribution is 2.38. The highest BCUT2D eigenvalue weighted by Gasteiger charge is 2.50. The van der Waals surface area contributed by atoms with Crippen molar-refractivity contribution in [2.24, 2.45) is 17.8 Å². The number of hydrogen-bond acceptors (Lipinski definition) is 13. The van der Waals surface area contributed by atoms with Crippen LogP contribution in [0.4, 0.5) is 0 Å². The fraction of sp³-hybridized carbons (Fsp3) is 0.743. The smallest absolute Gasteiger partial charge is 0.248 e. The number of piperidine rings is 1. The van der Waals surface area contributed by atoms with Crippen molar-refractivity contribution in [2.75, 3.05) is 88.6 Å². The summed E-state index contributed by atoms with van der Waals surface area (Å²) >= 11 is 13.3. The number of aryl methyl sites for hydroxylation is 1. The van der Waals surface area contributed by atoms with E-state index in [0.29, 0.717) is 62.9 Å². The quantitative estimate of drug-likeness (QED) is 0.269. The average Bonchev–Trinajstić information content (AvgIpc) is 1.67. The Labute approximate surface area is 584 Å². The highest BCUT2D eigenvalue weighted by molar-refractivity contribution is 6.43. The topological polar surface area (TPSA) is 279 Å². The molecule has 1 unspecified atom stereocenters. The minimum atomic E-state index is -1.52. The fourth-order valence-corrected chi connectivity index (χ4v) is 14.6. The molecule has 0 aromatic heterocycles. The summed E-state index contributed by atoms with van der Waals surface area (Å²) in [5.74, 6) is -8.01. The molecule has 2 aliphatic carbocycles. The predicted octanol–water partition coefficient (Wildman–Crippen LogP) is 5.28. The van der Waals surface area contributed by atoms with Crippen molar-refractivity contribution in [3.05, 3.63) is 27.7 Å². The lowest BCUT2D eigenvalue weighted by Crippen LogP contribution is -2.65. The zero-order valence-corrected chi connectivity index (χ0v) is 61.7. The van der Waals surface area contributed by atoms with Crippen LogP contribution in [0.1, 0.15) is 177 Å². The first-order valence-electron chi connectivity index (χ1n) is 35.0. The maximum absolute atomic E-state index is 15.4. The van der Waals surface area contributed by atoms with E-state index < -0.39 is 162 Å². The number of fused-ring (bicyclic) bond motifs is 1. The van der Waals surface area contributed by atoms with Gasteiger partial charge in [-0.3, -0.25) is 57.5 Å². The molecular weight excluding hydrogens is 1290 g/mol. The van der Waals surface area contributed by atoms with Crippen molar-refractivity contribution < 1.29 is 62.3 Å². The Balaban J connectivity index is 1.40. The summed E-state index contributed by atoms with van der Waals surface area (Å²) in [4.78, 5) is 189. The number of carbonyl (C=O) groups is 12. The third-order valence-corrected chi connectivity index (χ3v) is 21.3. The lowest BCUT2D eigenvalue weighted by atomic mass is 9.84. The number of nitrogens with zero attached hydrogens (tertiary/aromatic N) is 9. The summed E-state index contributed by atoms with van der Waals surface area (Å²) in [6.45, 7) is 13.5. The number of amides is 12. The molecule has 8 atom stereocenters. The van der Waals surface area contributed by atoms with Crippen LogP contribution in [-0.4, -0.2) is 257 Å². The summed E-state index contributed by atoms with van der Waals surface area (Å²) < 4.78 is 6.16. The second-order valence-electron chi connectivity index (χ2n) is 29.3. The lowest BCUT2D eigenvalue weighted by molar-refractivity contribution is -0.156. The van der Waals surface area contributed by atoms with Crippen LogP contribution >= 0.6 is 23.2 Å². The Morgan fingerprint density at radius 1 is 0.649 bits per heavy atom. The second kappa shape index (κ2) is 34.8. The number of carbonyl (C=O) groups excluding carboxylic acids is 12. The molecule has 1 aromatic carbocycles. The standard InChI is InChI=1S/C70H110Cl2N12O13/c1-16-44(4)59-66(94)78(11)41-56(87)76(9)42-57(88)80(13)51(37-46-26-19-17-20-27-46)64(92)77(10)40-54(85)73-49(30-29-47-36-48(71)58(72)53(38-47)97-69(6,7)8)63(91)84-35-25-28-50(84)62(90)75-70(31-21-22-32-70)68(96)82(15)60(43(2)3)67(95)81(14)52(65(93)83-33-23-18-24-34-83)39-55(86)79(12)45(5)61(89)74-59/h36,38,43-46,49-52,59-60H,16-35,37,39-42H2,1-15H3,(H,73,85)(H,74,89)(H,75,90)/t44-,45-,49-,50?,51-,52-,59-,60-/m0/s1.